The zero-order valence-corrected chi connectivity index (χ0v) is 10.5. The van der Waals surface area contributed by atoms with E-state index in [1.165, 1.54) is 0 Å². The minimum Gasteiger partial charge on any atom is -0.242 e. The maximum absolute atomic E-state index is 11.7. The van der Waals surface area contributed by atoms with E-state index in [0.29, 0.717) is 12.0 Å². The molecule has 0 aliphatic rings. The Kier molecular flexibility index (Phi) is 5.15. The monoisotopic (exact) mass is 205 g/mol. The fraction of sp³-hybridized carbons (Fsp3) is 1.00. The zero-order valence-electron chi connectivity index (χ0n) is 9.68. The van der Waals surface area contributed by atoms with E-state index in [9.17, 15) is 4.21 Å². The average molecular weight is 205 g/mol. The smallest absolute Gasteiger partial charge is 0.0972 e. The van der Waals surface area contributed by atoms with E-state index >= 15 is 0 Å². The van der Waals surface area contributed by atoms with E-state index < -0.39 is 11.0 Å². The predicted molar refractivity (Wildman–Crippen MR) is 59.9 cm³/mol. The summed E-state index contributed by atoms with van der Waals surface area (Å²) in [5, 5.41) is 0. The van der Waals surface area contributed by atoms with Gasteiger partial charge >= 0.3 is 0 Å². The average Bonchev–Trinajstić information content (AvgIpc) is 1.96. The first-order chi connectivity index (χ1) is 5.79. The minimum absolute atomic E-state index is 0.164. The van der Waals surface area contributed by atoms with Gasteiger partial charge in [-0.1, -0.05) is 20.8 Å². The first-order valence-electron chi connectivity index (χ1n) is 4.97. The molecule has 0 aliphatic heterocycles. The Morgan fingerprint density at radius 2 is 1.77 bits per heavy atom. The fourth-order valence-electron chi connectivity index (χ4n) is 1.01. The highest BCUT2D eigenvalue weighted by Gasteiger charge is 2.23. The second-order valence-corrected chi connectivity index (χ2v) is 6.76. The summed E-state index contributed by atoms with van der Waals surface area (Å²) in [5.74, 6) is 0.538. The van der Waals surface area contributed by atoms with Crippen molar-refractivity contribution in [3.05, 3.63) is 0 Å². The van der Waals surface area contributed by atoms with Crippen molar-refractivity contribution in [2.24, 2.45) is 5.92 Å². The number of hydrogen-bond acceptors (Lipinski definition) is 1. The lowest BCUT2D eigenvalue weighted by Crippen LogP contribution is -2.41. The summed E-state index contributed by atoms with van der Waals surface area (Å²) in [6.07, 6.45) is 1.03. The Hall–Kier alpha value is 0.110. The van der Waals surface area contributed by atoms with Crippen molar-refractivity contribution in [1.29, 1.82) is 0 Å². The van der Waals surface area contributed by atoms with Crippen molar-refractivity contribution in [3.63, 3.8) is 0 Å². The molecule has 2 atom stereocenters. The molecule has 0 saturated heterocycles. The maximum Gasteiger partial charge on any atom is 0.0972 e. The molecule has 3 heteroatoms. The standard InChI is InChI=1S/C10H23NOS/c1-7-9(8(2)3)11-13(12)10(4,5)6/h8-9,11H,7H2,1-6H3/t9-,13-/m1/s1. The highest BCUT2D eigenvalue weighted by atomic mass is 32.2. The van der Waals surface area contributed by atoms with Gasteiger partial charge in [-0.25, -0.2) is 8.93 Å². The topological polar surface area (TPSA) is 29.1 Å². The minimum atomic E-state index is -0.938. The molecule has 0 aromatic carbocycles. The van der Waals surface area contributed by atoms with Gasteiger partial charge in [-0.2, -0.15) is 0 Å². The highest BCUT2D eigenvalue weighted by molar-refractivity contribution is 7.84. The van der Waals surface area contributed by atoms with E-state index in [-0.39, 0.29) is 4.75 Å². The Balaban J connectivity index is 4.18. The third-order valence-corrected chi connectivity index (χ3v) is 3.69. The van der Waals surface area contributed by atoms with Crippen LogP contribution >= 0.6 is 0 Å². The van der Waals surface area contributed by atoms with Crippen molar-refractivity contribution in [2.75, 3.05) is 0 Å². The van der Waals surface area contributed by atoms with E-state index in [0.717, 1.165) is 6.42 Å². The van der Waals surface area contributed by atoms with Gasteiger partial charge in [-0.15, -0.1) is 0 Å². The highest BCUT2D eigenvalue weighted by Crippen LogP contribution is 2.13. The molecule has 0 aromatic rings. The van der Waals surface area contributed by atoms with E-state index in [1.807, 2.05) is 20.8 Å². The number of nitrogens with one attached hydrogen (secondary N) is 1. The molecule has 1 N–H and O–H groups in total. The molecule has 2 nitrogen and oxygen atoms in total. The van der Waals surface area contributed by atoms with Crippen LogP contribution in [0.15, 0.2) is 0 Å². The third-order valence-electron chi connectivity index (χ3n) is 2.06. The van der Waals surface area contributed by atoms with Crippen molar-refractivity contribution in [3.8, 4) is 0 Å². The SMILES string of the molecule is CC[C@@H](N[S@](=O)C(C)(C)C)C(C)C. The lowest BCUT2D eigenvalue weighted by atomic mass is 10.0. The van der Waals surface area contributed by atoms with Crippen LogP contribution in [0.1, 0.15) is 48.0 Å². The van der Waals surface area contributed by atoms with Crippen LogP contribution in [0.25, 0.3) is 0 Å². The van der Waals surface area contributed by atoms with Crippen LogP contribution in [-0.4, -0.2) is 15.0 Å². The fourth-order valence-corrected chi connectivity index (χ4v) is 2.07. The van der Waals surface area contributed by atoms with E-state index in [1.54, 1.807) is 0 Å². The summed E-state index contributed by atoms with van der Waals surface area (Å²) in [4.78, 5) is 0. The molecule has 0 rings (SSSR count). The molecule has 0 fully saturated rings. The summed E-state index contributed by atoms with van der Waals surface area (Å²) in [5.41, 5.74) is 0. The van der Waals surface area contributed by atoms with Crippen LogP contribution in [0.4, 0.5) is 0 Å². The molecule has 0 heterocycles. The predicted octanol–water partition coefficient (Wildman–Crippen LogP) is 2.47. The molecule has 0 bridgehead atoms. The number of hydrogen-bond donors (Lipinski definition) is 1. The van der Waals surface area contributed by atoms with Gasteiger partial charge in [0.25, 0.3) is 0 Å². The summed E-state index contributed by atoms with van der Waals surface area (Å²) < 4.78 is 14.8. The molecular weight excluding hydrogens is 182 g/mol. The molecule has 0 saturated carbocycles. The van der Waals surface area contributed by atoms with Gasteiger partial charge in [0.15, 0.2) is 0 Å². The van der Waals surface area contributed by atoms with Gasteiger partial charge in [0.1, 0.15) is 0 Å². The molecule has 0 aromatic heterocycles. The summed E-state index contributed by atoms with van der Waals surface area (Å²) >= 11 is 0. The van der Waals surface area contributed by atoms with Gasteiger partial charge < -0.3 is 0 Å². The Bertz CT molecular complexity index is 172. The third kappa shape index (κ3) is 4.77. The largest absolute Gasteiger partial charge is 0.242 e. The van der Waals surface area contributed by atoms with Crippen molar-refractivity contribution in [2.45, 2.75) is 58.8 Å². The zero-order chi connectivity index (χ0) is 10.6. The Labute approximate surface area is 85.1 Å². The molecule has 0 radical (unpaired) electrons. The molecule has 13 heavy (non-hydrogen) atoms. The van der Waals surface area contributed by atoms with Gasteiger partial charge in [-0.3, -0.25) is 0 Å². The lowest BCUT2D eigenvalue weighted by Gasteiger charge is -2.25. The molecule has 0 spiro atoms. The summed E-state index contributed by atoms with van der Waals surface area (Å²) in [6, 6.07) is 0.361. The summed E-state index contributed by atoms with van der Waals surface area (Å²) in [7, 11) is -0.938. The van der Waals surface area contributed by atoms with Gasteiger partial charge in [0.05, 0.1) is 15.7 Å². The van der Waals surface area contributed by atoms with Crippen molar-refractivity contribution in [1.82, 2.24) is 4.72 Å². The van der Waals surface area contributed by atoms with E-state index in [2.05, 4.69) is 25.5 Å². The number of rotatable bonds is 4. The van der Waals surface area contributed by atoms with Crippen molar-refractivity contribution < 1.29 is 4.21 Å². The van der Waals surface area contributed by atoms with Crippen LogP contribution in [0.5, 0.6) is 0 Å². The Morgan fingerprint density at radius 1 is 1.31 bits per heavy atom. The second kappa shape index (κ2) is 5.11. The molecular formula is C10H23NOS. The lowest BCUT2D eigenvalue weighted by molar-refractivity contribution is 0.445. The van der Waals surface area contributed by atoms with Crippen molar-refractivity contribution >= 4 is 11.0 Å². The first kappa shape index (κ1) is 13.1. The van der Waals surface area contributed by atoms with Crippen LogP contribution in [-0.2, 0) is 11.0 Å². The summed E-state index contributed by atoms with van der Waals surface area (Å²) in [6.45, 7) is 12.4. The van der Waals surface area contributed by atoms with Crippen LogP contribution in [0.3, 0.4) is 0 Å². The normalized spacial score (nSPS) is 17.5. The molecule has 0 amide bonds. The Morgan fingerprint density at radius 3 is 2.00 bits per heavy atom. The van der Waals surface area contributed by atoms with E-state index in [4.69, 9.17) is 0 Å². The van der Waals surface area contributed by atoms with Crippen LogP contribution in [0, 0.1) is 5.92 Å². The molecule has 0 aliphatic carbocycles. The van der Waals surface area contributed by atoms with Crippen LogP contribution in [0.2, 0.25) is 0 Å². The maximum atomic E-state index is 11.7. The van der Waals surface area contributed by atoms with Gasteiger partial charge in [0, 0.05) is 6.04 Å². The van der Waals surface area contributed by atoms with Gasteiger partial charge in [0.2, 0.25) is 0 Å². The first-order valence-corrected chi connectivity index (χ1v) is 6.12. The second-order valence-electron chi connectivity index (χ2n) is 4.76. The van der Waals surface area contributed by atoms with Crippen LogP contribution < -0.4 is 4.72 Å². The molecule has 0 unspecified atom stereocenters. The quantitative estimate of drug-likeness (QED) is 0.750. The van der Waals surface area contributed by atoms with Gasteiger partial charge in [-0.05, 0) is 33.1 Å². The molecule has 80 valence electrons.